The molecule has 1 fully saturated rings. The Morgan fingerprint density at radius 1 is 1.27 bits per heavy atom. The molecule has 1 aliphatic heterocycles. The fraction of sp³-hybridized carbons (Fsp3) is 0.609. The highest BCUT2D eigenvalue weighted by Crippen LogP contribution is 2.36. The fourth-order valence-corrected chi connectivity index (χ4v) is 5.00. The maximum Gasteiger partial charge on any atom is 0.339 e. The number of nitrogens with one attached hydrogen (secondary N) is 1. The lowest BCUT2D eigenvalue weighted by Gasteiger charge is -2.35. The zero-order valence-corrected chi connectivity index (χ0v) is 19.8. The van der Waals surface area contributed by atoms with Gasteiger partial charge in [-0.1, -0.05) is 11.6 Å². The first-order valence-corrected chi connectivity index (χ1v) is 11.4. The van der Waals surface area contributed by atoms with Crippen LogP contribution in [0.2, 0.25) is 5.02 Å². The number of nitrogens with zero attached hydrogens (tertiary/aromatic N) is 2. The number of esters is 1. The predicted octanol–water partition coefficient (Wildman–Crippen LogP) is 3.27. The number of carboxylic acid groups (broad SMARTS) is 1. The minimum atomic E-state index is -1.25. The van der Waals surface area contributed by atoms with Crippen LogP contribution in [0, 0.1) is 17.2 Å². The Bertz CT molecular complexity index is 1040. The molecule has 33 heavy (non-hydrogen) atoms. The highest BCUT2D eigenvalue weighted by molar-refractivity contribution is 6.47. The molecule has 1 amide bonds. The molecule has 0 bridgehead atoms. The number of aromatic nitrogens is 1. The van der Waals surface area contributed by atoms with E-state index in [1.807, 2.05) is 0 Å². The van der Waals surface area contributed by atoms with Crippen molar-refractivity contribution in [2.75, 3.05) is 0 Å². The van der Waals surface area contributed by atoms with Gasteiger partial charge in [-0.2, -0.15) is 5.26 Å². The number of carbonyl (C=O) groups is 4. The van der Waals surface area contributed by atoms with E-state index in [0.717, 1.165) is 0 Å². The molecule has 0 aromatic carbocycles. The van der Waals surface area contributed by atoms with Crippen LogP contribution in [0.5, 0.6) is 0 Å². The molecule has 0 radical (unpaired) electrons. The van der Waals surface area contributed by atoms with Crippen molar-refractivity contribution in [3.63, 3.8) is 0 Å². The highest BCUT2D eigenvalue weighted by atomic mass is 35.5. The first-order valence-electron chi connectivity index (χ1n) is 11.0. The largest absolute Gasteiger partial charge is 0.478 e. The van der Waals surface area contributed by atoms with E-state index in [-0.39, 0.29) is 47.4 Å². The smallest absolute Gasteiger partial charge is 0.339 e. The molecule has 0 unspecified atom stereocenters. The number of aromatic carboxylic acids is 1. The van der Waals surface area contributed by atoms with Gasteiger partial charge in [-0.3, -0.25) is 14.4 Å². The average molecular weight is 478 g/mol. The summed E-state index contributed by atoms with van der Waals surface area (Å²) in [6.45, 7) is 5.79. The summed E-state index contributed by atoms with van der Waals surface area (Å²) in [7, 11) is 0. The van der Waals surface area contributed by atoms with Gasteiger partial charge in [0.1, 0.15) is 16.8 Å². The number of carboxylic acids is 1. The van der Waals surface area contributed by atoms with Crippen LogP contribution >= 0.6 is 11.6 Å². The predicted molar refractivity (Wildman–Crippen MR) is 118 cm³/mol. The summed E-state index contributed by atoms with van der Waals surface area (Å²) in [5.74, 6) is -3.48. The van der Waals surface area contributed by atoms with Gasteiger partial charge in [0.2, 0.25) is 0 Å². The van der Waals surface area contributed by atoms with Gasteiger partial charge in [-0.05, 0) is 65.2 Å². The van der Waals surface area contributed by atoms with Crippen LogP contribution < -0.4 is 5.32 Å². The summed E-state index contributed by atoms with van der Waals surface area (Å²) in [6.07, 6.45) is 2.95. The molecule has 2 aliphatic rings. The second-order valence-corrected chi connectivity index (χ2v) is 10.1. The minimum absolute atomic E-state index is 0.0235. The first-order chi connectivity index (χ1) is 15.4. The van der Waals surface area contributed by atoms with E-state index < -0.39 is 28.8 Å². The van der Waals surface area contributed by atoms with Gasteiger partial charge >= 0.3 is 11.9 Å². The van der Waals surface area contributed by atoms with Crippen molar-refractivity contribution >= 4 is 35.2 Å². The normalized spacial score (nSPS) is 22.2. The third kappa shape index (κ3) is 5.22. The van der Waals surface area contributed by atoms with E-state index in [1.54, 1.807) is 20.8 Å². The summed E-state index contributed by atoms with van der Waals surface area (Å²) in [6, 6.07) is 2.12. The van der Waals surface area contributed by atoms with Crippen molar-refractivity contribution in [1.29, 1.82) is 5.26 Å². The lowest BCUT2D eigenvalue weighted by Crippen LogP contribution is -2.52. The topological polar surface area (TPSA) is 138 Å². The molecule has 1 saturated carbocycles. The zero-order chi connectivity index (χ0) is 24.6. The number of hydrogen-bond acceptors (Lipinski definition) is 6. The van der Waals surface area contributed by atoms with Crippen LogP contribution in [0.3, 0.4) is 0 Å². The zero-order valence-electron chi connectivity index (χ0n) is 19.0. The molecule has 0 atom stereocenters. The molecule has 0 saturated heterocycles. The summed E-state index contributed by atoms with van der Waals surface area (Å²) in [5.41, 5.74) is -1.67. The summed E-state index contributed by atoms with van der Waals surface area (Å²) in [5, 5.41) is 21.6. The first kappa shape index (κ1) is 24.8. The lowest BCUT2D eigenvalue weighted by molar-refractivity contribution is -0.156. The molecule has 2 N–H and O–H groups in total. The van der Waals surface area contributed by atoms with Crippen molar-refractivity contribution in [3.8, 4) is 6.07 Å². The highest BCUT2D eigenvalue weighted by Gasteiger charge is 2.41. The van der Waals surface area contributed by atoms with Gasteiger partial charge < -0.3 is 19.7 Å². The molecule has 1 aromatic rings. The number of fused-ring (bicyclic) bond motifs is 1. The van der Waals surface area contributed by atoms with Crippen molar-refractivity contribution in [3.05, 3.63) is 22.0 Å². The average Bonchev–Trinajstić information content (AvgIpc) is 3.26. The molecule has 10 heteroatoms. The molecule has 178 valence electrons. The number of ketones is 1. The van der Waals surface area contributed by atoms with Crippen LogP contribution in [0.4, 0.5) is 0 Å². The van der Waals surface area contributed by atoms with Crippen LogP contribution in [-0.2, 0) is 27.3 Å². The Balaban J connectivity index is 1.69. The third-order valence-corrected chi connectivity index (χ3v) is 6.51. The molecule has 3 rings (SSSR count). The quantitative estimate of drug-likeness (QED) is 0.364. The Morgan fingerprint density at radius 2 is 1.91 bits per heavy atom. The number of carbonyl (C=O) groups excluding carboxylic acids is 3. The maximum atomic E-state index is 13.0. The standard InChI is InChI=1S/C23H28ClN3O6/c1-22(2,3)33-15(28)11-13-6-8-23(12-25,9-7-13)26-20(30)19(29)18-17(24)16(21(31)32)14-5-4-10-27(14)18/h13H,4-11H2,1-3H3,(H,26,30)(H,31,32). The molecule has 9 nitrogen and oxygen atoms in total. The number of nitriles is 1. The van der Waals surface area contributed by atoms with E-state index in [4.69, 9.17) is 16.3 Å². The minimum Gasteiger partial charge on any atom is -0.478 e. The van der Waals surface area contributed by atoms with E-state index in [9.17, 15) is 29.5 Å². The van der Waals surface area contributed by atoms with Gasteiger partial charge in [0.25, 0.3) is 11.7 Å². The van der Waals surface area contributed by atoms with Crippen LogP contribution in [0.25, 0.3) is 0 Å². The van der Waals surface area contributed by atoms with E-state index in [1.165, 1.54) is 4.57 Å². The number of halogens is 1. The van der Waals surface area contributed by atoms with Gasteiger partial charge in [-0.25, -0.2) is 4.79 Å². The van der Waals surface area contributed by atoms with Crippen molar-refractivity contribution in [2.45, 2.75) is 83.4 Å². The second kappa shape index (κ2) is 9.18. The van der Waals surface area contributed by atoms with Gasteiger partial charge in [0.15, 0.2) is 0 Å². The molecule has 0 spiro atoms. The van der Waals surface area contributed by atoms with E-state index in [0.29, 0.717) is 37.9 Å². The number of Topliss-reactive ketones (excluding diaryl/α,β-unsaturated/α-hetero) is 1. The van der Waals surface area contributed by atoms with E-state index >= 15 is 0 Å². The number of hydrogen-bond donors (Lipinski definition) is 2. The van der Waals surface area contributed by atoms with Crippen molar-refractivity contribution < 1.29 is 29.0 Å². The van der Waals surface area contributed by atoms with Crippen molar-refractivity contribution in [2.24, 2.45) is 5.92 Å². The number of rotatable bonds is 6. The number of amides is 1. The Hall–Kier alpha value is -2.86. The van der Waals surface area contributed by atoms with Crippen LogP contribution in [-0.4, -0.2) is 44.4 Å². The molecule has 1 aliphatic carbocycles. The summed E-state index contributed by atoms with van der Waals surface area (Å²) >= 11 is 6.19. The molecule has 1 aromatic heterocycles. The fourth-order valence-electron chi connectivity index (χ4n) is 4.62. The van der Waals surface area contributed by atoms with E-state index in [2.05, 4.69) is 11.4 Å². The third-order valence-electron chi connectivity index (χ3n) is 6.14. The molecular weight excluding hydrogens is 450 g/mol. The molecule has 2 heterocycles. The number of ether oxygens (including phenoxy) is 1. The van der Waals surface area contributed by atoms with Gasteiger partial charge in [-0.15, -0.1) is 0 Å². The van der Waals surface area contributed by atoms with Crippen LogP contribution in [0.15, 0.2) is 0 Å². The Labute approximate surface area is 197 Å². The SMILES string of the molecule is CC(C)(C)OC(=O)CC1CCC(C#N)(NC(=O)C(=O)c2c(Cl)c(C(=O)O)c3n2CCC3)CC1. The summed E-state index contributed by atoms with van der Waals surface area (Å²) < 4.78 is 6.85. The summed E-state index contributed by atoms with van der Waals surface area (Å²) in [4.78, 5) is 49.5. The molecular formula is C23H28ClN3O6. The Kier molecular flexibility index (Phi) is 6.89. The van der Waals surface area contributed by atoms with Crippen LogP contribution in [0.1, 0.15) is 85.8 Å². The lowest BCUT2D eigenvalue weighted by atomic mass is 9.76. The second-order valence-electron chi connectivity index (χ2n) is 9.76. The van der Waals surface area contributed by atoms with Crippen molar-refractivity contribution in [1.82, 2.24) is 9.88 Å². The van der Waals surface area contributed by atoms with Gasteiger partial charge in [0, 0.05) is 18.7 Å². The monoisotopic (exact) mass is 477 g/mol. The maximum absolute atomic E-state index is 13.0. The van der Waals surface area contributed by atoms with Gasteiger partial charge in [0.05, 0.1) is 16.7 Å². The Morgan fingerprint density at radius 3 is 2.45 bits per heavy atom.